The second-order valence-corrected chi connectivity index (χ2v) is 4.01. The third kappa shape index (κ3) is 5.14. The number of carbonyl (C=O) groups is 1. The molecule has 1 aromatic carbocycles. The fraction of sp³-hybridized carbons (Fsp3) is 0.250. The van der Waals surface area contributed by atoms with E-state index in [1.807, 2.05) is 24.3 Å². The fourth-order valence-electron chi connectivity index (χ4n) is 1.48. The molecule has 96 valence electrons. The van der Waals surface area contributed by atoms with Crippen LogP contribution in [0, 0.1) is 0 Å². The average molecular weight is 249 g/mol. The lowest BCUT2D eigenvalue weighted by Gasteiger charge is -2.06. The van der Waals surface area contributed by atoms with Gasteiger partial charge in [0.1, 0.15) is 6.04 Å². The van der Waals surface area contributed by atoms with Gasteiger partial charge >= 0.3 is 13.1 Å². The van der Waals surface area contributed by atoms with Crippen LogP contribution in [0.3, 0.4) is 0 Å². The summed E-state index contributed by atoms with van der Waals surface area (Å²) < 4.78 is 0. The van der Waals surface area contributed by atoms with E-state index in [-0.39, 0.29) is 0 Å². The maximum Gasteiger partial charge on any atom is 0.480 e. The number of benzene rings is 1. The highest BCUT2D eigenvalue weighted by Gasteiger charge is 2.11. The van der Waals surface area contributed by atoms with Crippen molar-refractivity contribution in [2.75, 3.05) is 0 Å². The van der Waals surface area contributed by atoms with Crippen LogP contribution in [0.5, 0.6) is 0 Å². The summed E-state index contributed by atoms with van der Waals surface area (Å²) >= 11 is 0. The van der Waals surface area contributed by atoms with Crippen LogP contribution in [0.1, 0.15) is 11.1 Å². The molecule has 0 aromatic heterocycles. The Kier molecular flexibility index (Phi) is 5.58. The molecule has 0 radical (unpaired) electrons. The van der Waals surface area contributed by atoms with Crippen LogP contribution in [0.15, 0.2) is 36.3 Å². The first-order chi connectivity index (χ1) is 8.49. The predicted molar refractivity (Wildman–Crippen MR) is 68.8 cm³/mol. The number of rotatable bonds is 6. The van der Waals surface area contributed by atoms with Gasteiger partial charge < -0.3 is 20.9 Å². The van der Waals surface area contributed by atoms with E-state index >= 15 is 0 Å². The van der Waals surface area contributed by atoms with E-state index in [1.54, 1.807) is 6.08 Å². The first-order valence-corrected chi connectivity index (χ1v) is 5.58. The average Bonchev–Trinajstić information content (AvgIpc) is 2.30. The van der Waals surface area contributed by atoms with Crippen LogP contribution >= 0.6 is 0 Å². The second kappa shape index (κ2) is 6.95. The fourth-order valence-corrected chi connectivity index (χ4v) is 1.48. The molecule has 6 heteroatoms. The normalized spacial score (nSPS) is 12.6. The third-order valence-corrected chi connectivity index (χ3v) is 2.46. The monoisotopic (exact) mass is 249 g/mol. The molecule has 0 saturated carbocycles. The van der Waals surface area contributed by atoms with Crippen LogP contribution < -0.4 is 5.73 Å². The summed E-state index contributed by atoms with van der Waals surface area (Å²) in [6.07, 6.45) is 2.53. The summed E-state index contributed by atoms with van der Waals surface area (Å²) in [6, 6.07) is 6.47. The minimum atomic E-state index is -1.43. The number of allylic oxidation sites excluding steroid dienone is 1. The SMILES string of the molecule is N[C@@H](Cc1ccc(CC=CB(O)O)cc1)C(=O)O. The van der Waals surface area contributed by atoms with Gasteiger partial charge in [0.15, 0.2) is 0 Å². The van der Waals surface area contributed by atoms with Gasteiger partial charge in [0, 0.05) is 0 Å². The summed E-state index contributed by atoms with van der Waals surface area (Å²) in [7, 11) is -1.43. The Morgan fingerprint density at radius 2 is 1.83 bits per heavy atom. The van der Waals surface area contributed by atoms with Crippen molar-refractivity contribution in [3.05, 3.63) is 47.4 Å². The maximum absolute atomic E-state index is 10.6. The van der Waals surface area contributed by atoms with Gasteiger partial charge in [-0.3, -0.25) is 4.79 Å². The van der Waals surface area contributed by atoms with E-state index < -0.39 is 19.1 Å². The molecule has 5 N–H and O–H groups in total. The topological polar surface area (TPSA) is 104 Å². The molecule has 0 bridgehead atoms. The molecular weight excluding hydrogens is 233 g/mol. The van der Waals surface area contributed by atoms with Gasteiger partial charge in [-0.1, -0.05) is 36.3 Å². The van der Waals surface area contributed by atoms with Gasteiger partial charge in [-0.15, -0.1) is 0 Å². The van der Waals surface area contributed by atoms with E-state index in [0.717, 1.165) is 11.1 Å². The number of carboxylic acid groups (broad SMARTS) is 1. The predicted octanol–water partition coefficient (Wildman–Crippen LogP) is -0.248. The molecule has 0 aliphatic rings. The minimum absolute atomic E-state index is 0.292. The van der Waals surface area contributed by atoms with Crippen molar-refractivity contribution in [1.29, 1.82) is 0 Å². The molecular formula is C12H16BNO4. The van der Waals surface area contributed by atoms with Gasteiger partial charge in [-0.25, -0.2) is 0 Å². The van der Waals surface area contributed by atoms with Crippen LogP contribution in [-0.4, -0.2) is 34.3 Å². The first-order valence-electron chi connectivity index (χ1n) is 5.58. The molecule has 0 aliphatic carbocycles. The van der Waals surface area contributed by atoms with E-state index in [2.05, 4.69) is 0 Å². The van der Waals surface area contributed by atoms with Crippen molar-refractivity contribution in [1.82, 2.24) is 0 Å². The molecule has 1 aromatic rings. The Morgan fingerprint density at radius 1 is 1.28 bits per heavy atom. The lowest BCUT2D eigenvalue weighted by molar-refractivity contribution is -0.138. The molecule has 1 atom stereocenters. The third-order valence-electron chi connectivity index (χ3n) is 2.46. The molecule has 0 unspecified atom stereocenters. The minimum Gasteiger partial charge on any atom is -0.480 e. The number of hydrogen-bond acceptors (Lipinski definition) is 4. The van der Waals surface area contributed by atoms with Gasteiger partial charge in [-0.05, 0) is 24.0 Å². The summed E-state index contributed by atoms with van der Waals surface area (Å²) in [4.78, 5) is 10.6. The molecule has 0 aliphatic heterocycles. The van der Waals surface area contributed by atoms with E-state index in [9.17, 15) is 4.79 Å². The lowest BCUT2D eigenvalue weighted by Crippen LogP contribution is -2.32. The van der Waals surface area contributed by atoms with Crippen LogP contribution in [0.25, 0.3) is 0 Å². The molecule has 5 nitrogen and oxygen atoms in total. The van der Waals surface area contributed by atoms with Crippen molar-refractivity contribution in [2.24, 2.45) is 5.73 Å². The highest BCUT2D eigenvalue weighted by Crippen LogP contribution is 2.07. The summed E-state index contributed by atoms with van der Waals surface area (Å²) in [6.45, 7) is 0. The molecule has 0 fully saturated rings. The summed E-state index contributed by atoms with van der Waals surface area (Å²) in [5.41, 5.74) is 7.29. The smallest absolute Gasteiger partial charge is 0.480 e. The number of nitrogens with two attached hydrogens (primary N) is 1. The Balaban J connectivity index is 2.55. The zero-order chi connectivity index (χ0) is 13.5. The number of aliphatic carboxylic acids is 1. The Hall–Kier alpha value is -1.63. The van der Waals surface area contributed by atoms with E-state index in [4.69, 9.17) is 20.9 Å². The van der Waals surface area contributed by atoms with Crippen LogP contribution in [-0.2, 0) is 17.6 Å². The number of carboxylic acids is 1. The second-order valence-electron chi connectivity index (χ2n) is 4.01. The zero-order valence-corrected chi connectivity index (χ0v) is 9.86. The van der Waals surface area contributed by atoms with Crippen molar-refractivity contribution in [2.45, 2.75) is 18.9 Å². The molecule has 18 heavy (non-hydrogen) atoms. The molecule has 0 saturated heterocycles. The van der Waals surface area contributed by atoms with Gasteiger partial charge in [0.25, 0.3) is 0 Å². The van der Waals surface area contributed by atoms with E-state index in [1.165, 1.54) is 5.98 Å². The summed E-state index contributed by atoms with van der Waals surface area (Å²) in [5, 5.41) is 25.9. The molecule has 0 heterocycles. The molecule has 0 amide bonds. The molecule has 0 spiro atoms. The summed E-state index contributed by atoms with van der Waals surface area (Å²) in [5.74, 6) is 0.271. The van der Waals surface area contributed by atoms with Crippen molar-refractivity contribution in [3.63, 3.8) is 0 Å². The largest absolute Gasteiger partial charge is 0.480 e. The Bertz CT molecular complexity index is 417. The van der Waals surface area contributed by atoms with Crippen molar-refractivity contribution >= 4 is 13.1 Å². The number of hydrogen-bond donors (Lipinski definition) is 4. The van der Waals surface area contributed by atoms with Crippen molar-refractivity contribution < 1.29 is 19.9 Å². The van der Waals surface area contributed by atoms with Gasteiger partial charge in [0.05, 0.1) is 0 Å². The van der Waals surface area contributed by atoms with Crippen LogP contribution in [0.4, 0.5) is 0 Å². The van der Waals surface area contributed by atoms with Crippen LogP contribution in [0.2, 0.25) is 0 Å². The van der Waals surface area contributed by atoms with E-state index in [0.29, 0.717) is 12.8 Å². The van der Waals surface area contributed by atoms with Crippen molar-refractivity contribution in [3.8, 4) is 0 Å². The Morgan fingerprint density at radius 3 is 2.33 bits per heavy atom. The highest BCUT2D eigenvalue weighted by molar-refractivity contribution is 6.47. The first kappa shape index (κ1) is 14.4. The lowest BCUT2D eigenvalue weighted by atomic mass is 9.91. The van der Waals surface area contributed by atoms with Gasteiger partial charge in [0.2, 0.25) is 0 Å². The zero-order valence-electron chi connectivity index (χ0n) is 9.86. The standard InChI is InChI=1S/C12H16BNO4/c14-11(12(15)16)8-10-5-3-9(4-6-10)2-1-7-13(17)18/h1,3-7,11,17-18H,2,8,14H2,(H,15,16)/t11-/m0/s1. The molecule has 1 rings (SSSR count). The maximum atomic E-state index is 10.6. The Labute approximate surface area is 106 Å². The highest BCUT2D eigenvalue weighted by atomic mass is 16.4. The van der Waals surface area contributed by atoms with Gasteiger partial charge in [-0.2, -0.15) is 0 Å². The quantitative estimate of drug-likeness (QED) is 0.520.